The van der Waals surface area contributed by atoms with Crippen molar-refractivity contribution in [3.8, 4) is 5.82 Å². The molecule has 3 aromatic rings. The van der Waals surface area contributed by atoms with Gasteiger partial charge in [-0.3, -0.25) is 0 Å². The van der Waals surface area contributed by atoms with E-state index in [4.69, 9.17) is 5.73 Å². The molecule has 0 spiro atoms. The molecule has 0 amide bonds. The van der Waals surface area contributed by atoms with Gasteiger partial charge in [0.05, 0.1) is 17.3 Å². The minimum Gasteiger partial charge on any atom is -0.386 e. The van der Waals surface area contributed by atoms with Crippen molar-refractivity contribution in [3.05, 3.63) is 30.7 Å². The highest BCUT2D eigenvalue weighted by molar-refractivity contribution is 5.81. The first-order valence-corrected chi connectivity index (χ1v) is 6.92. The highest BCUT2D eigenvalue weighted by Crippen LogP contribution is 2.28. The van der Waals surface area contributed by atoms with Crippen LogP contribution in [0.2, 0.25) is 0 Å². The van der Waals surface area contributed by atoms with Crippen LogP contribution in [0.4, 0.5) is 11.8 Å². The Morgan fingerprint density at radius 3 is 2.77 bits per heavy atom. The normalized spacial score (nSPS) is 16.7. The molecule has 8 nitrogen and oxygen atoms in total. The molecule has 4 rings (SSSR count). The van der Waals surface area contributed by atoms with Gasteiger partial charge in [-0.25, -0.2) is 14.6 Å². The second-order valence-electron chi connectivity index (χ2n) is 5.78. The molecule has 112 valence electrons. The van der Waals surface area contributed by atoms with E-state index in [2.05, 4.69) is 20.1 Å². The number of hydrogen-bond acceptors (Lipinski definition) is 7. The van der Waals surface area contributed by atoms with Crippen molar-refractivity contribution >= 4 is 22.7 Å². The Labute approximate surface area is 126 Å². The van der Waals surface area contributed by atoms with Crippen LogP contribution < -0.4 is 10.6 Å². The van der Waals surface area contributed by atoms with E-state index in [1.807, 2.05) is 17.9 Å². The van der Waals surface area contributed by atoms with Crippen LogP contribution >= 0.6 is 0 Å². The molecular weight excluding hydrogens is 282 g/mol. The molecule has 1 saturated heterocycles. The number of rotatable bonds is 2. The number of nitrogens with two attached hydrogens (primary N) is 1. The molecule has 3 N–H and O–H groups in total. The second kappa shape index (κ2) is 4.38. The van der Waals surface area contributed by atoms with Gasteiger partial charge in [0.25, 0.3) is 0 Å². The second-order valence-corrected chi connectivity index (χ2v) is 5.78. The monoisotopic (exact) mass is 297 g/mol. The van der Waals surface area contributed by atoms with Crippen molar-refractivity contribution < 1.29 is 5.11 Å². The number of nitrogens with zero attached hydrogens (tertiary/aromatic N) is 6. The summed E-state index contributed by atoms with van der Waals surface area (Å²) in [4.78, 5) is 14.5. The first kappa shape index (κ1) is 13.0. The highest BCUT2D eigenvalue weighted by atomic mass is 16.3. The van der Waals surface area contributed by atoms with E-state index in [0.29, 0.717) is 18.9 Å². The Bertz CT molecular complexity index is 849. The van der Waals surface area contributed by atoms with Crippen LogP contribution in [0, 0.1) is 0 Å². The summed E-state index contributed by atoms with van der Waals surface area (Å²) in [7, 11) is 0. The van der Waals surface area contributed by atoms with Gasteiger partial charge in [0, 0.05) is 43.0 Å². The van der Waals surface area contributed by atoms with E-state index < -0.39 is 5.60 Å². The molecule has 1 aliphatic rings. The van der Waals surface area contributed by atoms with Crippen LogP contribution in [-0.4, -0.2) is 48.5 Å². The Balaban J connectivity index is 1.77. The van der Waals surface area contributed by atoms with Gasteiger partial charge < -0.3 is 15.7 Å². The maximum Gasteiger partial charge on any atom is 0.221 e. The third-order valence-corrected chi connectivity index (χ3v) is 3.70. The van der Waals surface area contributed by atoms with Crippen LogP contribution in [0.25, 0.3) is 16.7 Å². The summed E-state index contributed by atoms with van der Waals surface area (Å²) in [5, 5.41) is 15.1. The molecule has 1 aliphatic heterocycles. The molecule has 0 aliphatic carbocycles. The fourth-order valence-corrected chi connectivity index (χ4v) is 2.69. The summed E-state index contributed by atoms with van der Waals surface area (Å²) in [6.45, 7) is 2.95. The zero-order valence-electron chi connectivity index (χ0n) is 12.0. The quantitative estimate of drug-likeness (QED) is 0.703. The van der Waals surface area contributed by atoms with Gasteiger partial charge in [-0.1, -0.05) is 0 Å². The summed E-state index contributed by atoms with van der Waals surface area (Å²) >= 11 is 0. The maximum absolute atomic E-state index is 9.86. The minimum absolute atomic E-state index is 0.203. The van der Waals surface area contributed by atoms with Crippen LogP contribution in [0.15, 0.2) is 30.7 Å². The molecular formula is C14H15N7O. The number of pyridine rings is 1. The minimum atomic E-state index is -0.641. The van der Waals surface area contributed by atoms with E-state index in [1.165, 1.54) is 0 Å². The third-order valence-electron chi connectivity index (χ3n) is 3.70. The van der Waals surface area contributed by atoms with Gasteiger partial charge in [-0.05, 0) is 6.92 Å². The standard InChI is InChI=1S/C14H15N7O/c1-14(22)7-20(8-14)12-4-10-9(5-17-12)6-18-21(10)11-2-3-16-13(15)19-11/h2-6,22H,7-8H2,1H3,(H2,15,16,19). The summed E-state index contributed by atoms with van der Waals surface area (Å²) in [5.41, 5.74) is 5.88. The molecule has 22 heavy (non-hydrogen) atoms. The zero-order chi connectivity index (χ0) is 15.3. The van der Waals surface area contributed by atoms with E-state index in [0.717, 1.165) is 16.7 Å². The molecule has 3 aromatic heterocycles. The van der Waals surface area contributed by atoms with Crippen molar-refractivity contribution in [1.29, 1.82) is 0 Å². The number of anilines is 2. The summed E-state index contributed by atoms with van der Waals surface area (Å²) in [6.07, 6.45) is 5.10. The average molecular weight is 297 g/mol. The summed E-state index contributed by atoms with van der Waals surface area (Å²) in [5.74, 6) is 1.62. The molecule has 0 unspecified atom stereocenters. The largest absolute Gasteiger partial charge is 0.386 e. The lowest BCUT2D eigenvalue weighted by Crippen LogP contribution is -2.60. The lowest BCUT2D eigenvalue weighted by atomic mass is 9.97. The number of nitrogen functional groups attached to an aromatic ring is 1. The average Bonchev–Trinajstić information content (AvgIpc) is 2.87. The van der Waals surface area contributed by atoms with Crippen LogP contribution in [0.1, 0.15) is 6.92 Å². The zero-order valence-corrected chi connectivity index (χ0v) is 12.0. The Morgan fingerprint density at radius 1 is 1.23 bits per heavy atom. The first-order valence-electron chi connectivity index (χ1n) is 6.92. The van der Waals surface area contributed by atoms with Crippen molar-refractivity contribution in [2.45, 2.75) is 12.5 Å². The van der Waals surface area contributed by atoms with Crippen LogP contribution in [0.3, 0.4) is 0 Å². The van der Waals surface area contributed by atoms with Gasteiger partial charge in [0.2, 0.25) is 5.95 Å². The van der Waals surface area contributed by atoms with Crippen LogP contribution in [0.5, 0.6) is 0 Å². The molecule has 0 atom stereocenters. The molecule has 4 heterocycles. The number of fused-ring (bicyclic) bond motifs is 1. The number of hydrogen-bond donors (Lipinski definition) is 2. The van der Waals surface area contributed by atoms with Crippen molar-refractivity contribution in [1.82, 2.24) is 24.7 Å². The third kappa shape index (κ3) is 2.04. The Hall–Kier alpha value is -2.74. The Kier molecular flexibility index (Phi) is 2.58. The van der Waals surface area contributed by atoms with Crippen molar-refractivity contribution in [3.63, 3.8) is 0 Å². The first-order chi connectivity index (χ1) is 10.5. The topological polar surface area (TPSA) is 106 Å². The van der Waals surface area contributed by atoms with Gasteiger partial charge >= 0.3 is 0 Å². The van der Waals surface area contributed by atoms with Gasteiger partial charge in [0.1, 0.15) is 5.82 Å². The SMILES string of the molecule is CC1(O)CN(c2cc3c(cn2)cnn3-c2ccnc(N)n2)C1. The lowest BCUT2D eigenvalue weighted by Gasteiger charge is -2.44. The number of aliphatic hydroxyl groups is 1. The summed E-state index contributed by atoms with van der Waals surface area (Å²) < 4.78 is 1.70. The predicted octanol–water partition coefficient (Wildman–Crippen LogP) is 0.364. The fourth-order valence-electron chi connectivity index (χ4n) is 2.69. The number of β-amino-alcohol motifs (C(OH)–C–C–N with tert-alkyl or cyclic N) is 1. The molecule has 0 radical (unpaired) electrons. The van der Waals surface area contributed by atoms with E-state index >= 15 is 0 Å². The summed E-state index contributed by atoms with van der Waals surface area (Å²) in [6, 6.07) is 3.69. The highest BCUT2D eigenvalue weighted by Gasteiger charge is 2.37. The molecule has 0 bridgehead atoms. The molecule has 1 fully saturated rings. The van der Waals surface area contributed by atoms with Crippen molar-refractivity contribution in [2.24, 2.45) is 0 Å². The number of aromatic nitrogens is 5. The maximum atomic E-state index is 9.86. The van der Waals surface area contributed by atoms with Gasteiger partial charge in [0.15, 0.2) is 5.82 Å². The van der Waals surface area contributed by atoms with Crippen molar-refractivity contribution in [2.75, 3.05) is 23.7 Å². The fraction of sp³-hybridized carbons (Fsp3) is 0.286. The predicted molar refractivity (Wildman–Crippen MR) is 81.7 cm³/mol. The van der Waals surface area contributed by atoms with E-state index in [-0.39, 0.29) is 5.95 Å². The van der Waals surface area contributed by atoms with Gasteiger partial charge in [-0.2, -0.15) is 10.1 Å². The molecule has 0 saturated carbocycles. The van der Waals surface area contributed by atoms with Gasteiger partial charge in [-0.15, -0.1) is 0 Å². The smallest absolute Gasteiger partial charge is 0.221 e. The van der Waals surface area contributed by atoms with E-state index in [9.17, 15) is 5.11 Å². The Morgan fingerprint density at radius 2 is 2.05 bits per heavy atom. The van der Waals surface area contributed by atoms with Crippen LogP contribution in [-0.2, 0) is 0 Å². The molecule has 0 aromatic carbocycles. The van der Waals surface area contributed by atoms with E-state index in [1.54, 1.807) is 29.3 Å². The lowest BCUT2D eigenvalue weighted by molar-refractivity contribution is 0.0305. The molecule has 8 heteroatoms.